The lowest BCUT2D eigenvalue weighted by molar-refractivity contribution is -0.137. The second-order valence-electron chi connectivity index (χ2n) is 6.69. The molecule has 0 aromatic heterocycles. The van der Waals surface area contributed by atoms with E-state index in [-0.39, 0.29) is 12.2 Å². The quantitative estimate of drug-likeness (QED) is 0.642. The number of alkyl halides is 3. The van der Waals surface area contributed by atoms with E-state index in [2.05, 4.69) is 16.0 Å². The average Bonchev–Trinajstić information content (AvgIpc) is 2.60. The third-order valence-corrected chi connectivity index (χ3v) is 3.73. The summed E-state index contributed by atoms with van der Waals surface area (Å²) >= 11 is 0. The predicted molar refractivity (Wildman–Crippen MR) is 97.3 cm³/mol. The lowest BCUT2D eigenvalue weighted by Crippen LogP contribution is -2.50. The third kappa shape index (κ3) is 5.87. The molecule has 2 aromatic rings. The van der Waals surface area contributed by atoms with Gasteiger partial charge in [0.25, 0.3) is 0 Å². The van der Waals surface area contributed by atoms with Crippen molar-refractivity contribution < 1.29 is 22.4 Å². The molecule has 2 rings (SSSR count). The van der Waals surface area contributed by atoms with E-state index in [0.717, 1.165) is 12.1 Å². The van der Waals surface area contributed by atoms with Crippen LogP contribution in [0.4, 0.5) is 33.7 Å². The number of hydrogen-bond donors (Lipinski definition) is 3. The van der Waals surface area contributed by atoms with Crippen LogP contribution in [0.15, 0.2) is 42.5 Å². The summed E-state index contributed by atoms with van der Waals surface area (Å²) in [7, 11) is 0. The van der Waals surface area contributed by atoms with Crippen LogP contribution in [0.5, 0.6) is 0 Å². The fourth-order valence-electron chi connectivity index (χ4n) is 2.36. The minimum atomic E-state index is -4.65. The van der Waals surface area contributed by atoms with Crippen molar-refractivity contribution in [1.29, 1.82) is 5.26 Å². The number of anilines is 2. The number of amides is 2. The second-order valence-corrected chi connectivity index (χ2v) is 6.69. The first-order chi connectivity index (χ1) is 13.0. The summed E-state index contributed by atoms with van der Waals surface area (Å²) in [6.45, 7) is 3.48. The number of hydrogen-bond acceptors (Lipinski definition) is 3. The molecule has 3 N–H and O–H groups in total. The molecule has 0 saturated carbocycles. The Hall–Kier alpha value is -3.28. The maximum Gasteiger partial charge on any atom is 0.417 e. The van der Waals surface area contributed by atoms with Crippen molar-refractivity contribution in [2.24, 2.45) is 0 Å². The van der Waals surface area contributed by atoms with Crippen LogP contribution in [0.1, 0.15) is 25.0 Å². The number of carbonyl (C=O) groups excluding carboxylic acids is 1. The van der Waals surface area contributed by atoms with Gasteiger partial charge in [-0.1, -0.05) is 0 Å². The summed E-state index contributed by atoms with van der Waals surface area (Å²) in [5.74, 6) is -0.434. The minimum absolute atomic E-state index is 0.118. The van der Waals surface area contributed by atoms with E-state index in [4.69, 9.17) is 5.26 Å². The van der Waals surface area contributed by atoms with Gasteiger partial charge in [0, 0.05) is 17.9 Å². The van der Waals surface area contributed by atoms with Crippen molar-refractivity contribution in [1.82, 2.24) is 5.32 Å². The molecular weight excluding hydrogens is 376 g/mol. The van der Waals surface area contributed by atoms with Gasteiger partial charge in [0.1, 0.15) is 5.82 Å². The molecule has 0 unspecified atom stereocenters. The van der Waals surface area contributed by atoms with Gasteiger partial charge in [-0.15, -0.1) is 0 Å². The van der Waals surface area contributed by atoms with Crippen molar-refractivity contribution >= 4 is 17.4 Å². The van der Waals surface area contributed by atoms with Crippen molar-refractivity contribution in [2.45, 2.75) is 25.6 Å². The van der Waals surface area contributed by atoms with Gasteiger partial charge in [0.15, 0.2) is 0 Å². The highest BCUT2D eigenvalue weighted by Gasteiger charge is 2.34. The molecule has 28 heavy (non-hydrogen) atoms. The van der Waals surface area contributed by atoms with Crippen LogP contribution in [0.2, 0.25) is 0 Å². The third-order valence-electron chi connectivity index (χ3n) is 3.73. The number of rotatable bonds is 5. The number of nitrogens with one attached hydrogen (secondary N) is 3. The Labute approximate surface area is 159 Å². The van der Waals surface area contributed by atoms with Gasteiger partial charge in [-0.25, -0.2) is 9.18 Å². The molecular formula is C19H18F4N4O. The van der Waals surface area contributed by atoms with E-state index in [9.17, 15) is 22.4 Å². The summed E-state index contributed by atoms with van der Waals surface area (Å²) in [6.07, 6.45) is -4.65. The highest BCUT2D eigenvalue weighted by atomic mass is 19.4. The number of nitrogens with zero attached hydrogens (tertiary/aromatic N) is 1. The lowest BCUT2D eigenvalue weighted by atomic mass is 10.0. The monoisotopic (exact) mass is 394 g/mol. The van der Waals surface area contributed by atoms with Crippen LogP contribution < -0.4 is 16.0 Å². The fourth-order valence-corrected chi connectivity index (χ4v) is 2.36. The Morgan fingerprint density at radius 1 is 1.07 bits per heavy atom. The van der Waals surface area contributed by atoms with Crippen molar-refractivity contribution in [3.8, 4) is 6.07 Å². The van der Waals surface area contributed by atoms with Crippen LogP contribution in [0.25, 0.3) is 0 Å². The molecule has 0 aliphatic carbocycles. The van der Waals surface area contributed by atoms with Gasteiger partial charge < -0.3 is 16.0 Å². The van der Waals surface area contributed by atoms with Crippen molar-refractivity contribution in [2.75, 3.05) is 17.2 Å². The Bertz CT molecular complexity index is 886. The Balaban J connectivity index is 2.00. The average molecular weight is 394 g/mol. The lowest BCUT2D eigenvalue weighted by Gasteiger charge is -2.27. The Kier molecular flexibility index (Phi) is 6.13. The van der Waals surface area contributed by atoms with Gasteiger partial charge in [0.2, 0.25) is 0 Å². The van der Waals surface area contributed by atoms with Gasteiger partial charge in [-0.2, -0.15) is 18.4 Å². The molecule has 2 amide bonds. The Morgan fingerprint density at radius 3 is 2.25 bits per heavy atom. The van der Waals surface area contributed by atoms with Gasteiger partial charge in [-0.3, -0.25) is 0 Å². The number of benzene rings is 2. The molecule has 148 valence electrons. The van der Waals surface area contributed by atoms with Crippen LogP contribution in [-0.4, -0.2) is 18.1 Å². The Morgan fingerprint density at radius 2 is 1.68 bits per heavy atom. The first kappa shape index (κ1) is 21.0. The number of nitriles is 1. The van der Waals surface area contributed by atoms with E-state index >= 15 is 0 Å². The molecule has 9 heteroatoms. The SMILES string of the molecule is CC(C)(CNc1ccc(C#N)c(C(F)(F)F)c1)NC(=O)Nc1ccc(F)cc1. The molecule has 2 aromatic carbocycles. The zero-order valence-electron chi connectivity index (χ0n) is 15.1. The number of halogens is 4. The molecule has 0 heterocycles. The van der Waals surface area contributed by atoms with E-state index < -0.39 is 34.7 Å². The molecule has 0 spiro atoms. The summed E-state index contributed by atoms with van der Waals surface area (Å²) in [5.41, 5.74) is -1.75. The topological polar surface area (TPSA) is 77.0 Å². The molecule has 0 radical (unpaired) electrons. The zero-order chi connectivity index (χ0) is 20.9. The zero-order valence-corrected chi connectivity index (χ0v) is 15.1. The first-order valence-electron chi connectivity index (χ1n) is 8.20. The summed E-state index contributed by atoms with van der Waals surface area (Å²) in [5, 5.41) is 16.9. The van der Waals surface area contributed by atoms with E-state index in [1.54, 1.807) is 13.8 Å². The summed E-state index contributed by atoms with van der Waals surface area (Å²) in [6, 6.07) is 9.48. The molecule has 0 aliphatic rings. The van der Waals surface area contributed by atoms with Crippen LogP contribution in [-0.2, 0) is 6.18 Å². The van der Waals surface area contributed by atoms with Crippen molar-refractivity contribution in [3.05, 3.63) is 59.4 Å². The number of carbonyl (C=O) groups is 1. The normalized spacial score (nSPS) is 11.5. The summed E-state index contributed by atoms with van der Waals surface area (Å²) < 4.78 is 52.0. The number of urea groups is 1. The standard InChI is InChI=1S/C19H18F4N4O/c1-18(2,27-17(28)26-14-7-4-13(20)5-8-14)11-25-15-6-3-12(10-24)16(9-15)19(21,22)23/h3-9,25H,11H2,1-2H3,(H2,26,27,28). The smallest absolute Gasteiger partial charge is 0.383 e. The predicted octanol–water partition coefficient (Wildman–Crippen LogP) is 4.73. The maximum atomic E-state index is 13.0. The van der Waals surface area contributed by atoms with Crippen molar-refractivity contribution in [3.63, 3.8) is 0 Å². The van der Waals surface area contributed by atoms with Crippen LogP contribution in [0.3, 0.4) is 0 Å². The minimum Gasteiger partial charge on any atom is -0.383 e. The molecule has 0 aliphatic heterocycles. The van der Waals surface area contributed by atoms with Crippen LogP contribution >= 0.6 is 0 Å². The van der Waals surface area contributed by atoms with Crippen LogP contribution in [0, 0.1) is 17.1 Å². The van der Waals surface area contributed by atoms with Gasteiger partial charge in [-0.05, 0) is 56.3 Å². The molecule has 0 atom stereocenters. The molecule has 0 bridgehead atoms. The molecule has 0 saturated heterocycles. The maximum absolute atomic E-state index is 13.0. The van der Waals surface area contributed by atoms with E-state index in [1.807, 2.05) is 0 Å². The first-order valence-corrected chi connectivity index (χ1v) is 8.20. The molecule has 0 fully saturated rings. The van der Waals surface area contributed by atoms with E-state index in [0.29, 0.717) is 5.69 Å². The molecule has 5 nitrogen and oxygen atoms in total. The fraction of sp³-hybridized carbons (Fsp3) is 0.263. The second kappa shape index (κ2) is 8.17. The highest BCUT2D eigenvalue weighted by molar-refractivity contribution is 5.89. The van der Waals surface area contributed by atoms with Gasteiger partial charge >= 0.3 is 12.2 Å². The summed E-state index contributed by atoms with van der Waals surface area (Å²) in [4.78, 5) is 12.1. The van der Waals surface area contributed by atoms with Gasteiger partial charge in [0.05, 0.1) is 22.7 Å². The largest absolute Gasteiger partial charge is 0.417 e. The highest BCUT2D eigenvalue weighted by Crippen LogP contribution is 2.33. The van der Waals surface area contributed by atoms with E-state index in [1.165, 1.54) is 36.4 Å².